The predicted octanol–water partition coefficient (Wildman–Crippen LogP) is 6.20. The number of unbranched alkanes of at least 4 members (excludes halogenated alkanes) is 8. The van der Waals surface area contributed by atoms with Gasteiger partial charge in [-0.25, -0.2) is 0 Å². The molecule has 0 aromatic rings. The summed E-state index contributed by atoms with van der Waals surface area (Å²) >= 11 is 3.29. The van der Waals surface area contributed by atoms with Gasteiger partial charge in [-0.1, -0.05) is 94.0 Å². The summed E-state index contributed by atoms with van der Waals surface area (Å²) in [6.45, 7) is 5.81. The molecular weight excluding hydrogens is 366 g/mol. The molecule has 0 fully saturated rings. The van der Waals surface area contributed by atoms with Gasteiger partial charge in [0, 0.05) is 6.54 Å². The largest absolute Gasteiger partial charge is 0.465 e. The lowest BCUT2D eigenvalue weighted by molar-refractivity contribution is -0.145. The molecule has 0 saturated heterocycles. The first-order valence-electron chi connectivity index (χ1n) is 10.2. The second kappa shape index (κ2) is 19.2. The van der Waals surface area contributed by atoms with E-state index in [9.17, 15) is 4.79 Å². The maximum Gasteiger partial charge on any atom is 0.307 e. The monoisotopic (exact) mass is 405 g/mol. The molecule has 1 N–H and O–H groups in total. The van der Waals surface area contributed by atoms with Crippen molar-refractivity contribution in [2.45, 2.75) is 97.3 Å². The summed E-state index contributed by atoms with van der Waals surface area (Å²) in [5.41, 5.74) is 0.721. The van der Waals surface area contributed by atoms with E-state index in [4.69, 9.17) is 4.74 Å². The molecule has 24 heavy (non-hydrogen) atoms. The van der Waals surface area contributed by atoms with Crippen molar-refractivity contribution in [3.05, 3.63) is 0 Å². The van der Waals surface area contributed by atoms with E-state index in [0.717, 1.165) is 5.45 Å². The molecule has 0 aliphatic rings. The molecule has 144 valence electrons. The summed E-state index contributed by atoms with van der Waals surface area (Å²) in [7, 11) is 0. The molecular formula is C20H40BrNO2. The minimum Gasteiger partial charge on any atom is -0.465 e. The lowest BCUT2D eigenvalue weighted by Gasteiger charge is -2.17. The van der Waals surface area contributed by atoms with Gasteiger partial charge in [0.25, 0.3) is 0 Å². The van der Waals surface area contributed by atoms with Crippen LogP contribution in [-0.4, -0.2) is 24.6 Å². The van der Waals surface area contributed by atoms with E-state index in [0.29, 0.717) is 25.5 Å². The number of carbonyl (C=O) groups is 1. The molecule has 0 spiro atoms. The van der Waals surface area contributed by atoms with Crippen LogP contribution in [0.5, 0.6) is 0 Å². The third kappa shape index (κ3) is 16.8. The number of hydrogen-bond acceptors (Lipinski definition) is 3. The molecule has 1 unspecified atom stereocenters. The van der Waals surface area contributed by atoms with Crippen LogP contribution in [0.15, 0.2) is 0 Å². The average Bonchev–Trinajstić information content (AvgIpc) is 2.59. The Labute approximate surface area is 158 Å². The zero-order valence-corrected chi connectivity index (χ0v) is 17.7. The third-order valence-electron chi connectivity index (χ3n) is 4.51. The number of ether oxygens (including phenoxy) is 1. The molecule has 0 aliphatic heterocycles. The van der Waals surface area contributed by atoms with Crippen molar-refractivity contribution in [3.8, 4) is 0 Å². The van der Waals surface area contributed by atoms with Crippen LogP contribution >= 0.6 is 15.9 Å². The SMILES string of the molecule is CCCCCCCCC(CCCCCC)COC(=O)CCNCBr. The van der Waals surface area contributed by atoms with Crippen LogP contribution in [0, 0.1) is 5.92 Å². The number of alkyl halides is 1. The second-order valence-corrected chi connectivity index (χ2v) is 7.40. The summed E-state index contributed by atoms with van der Waals surface area (Å²) in [5.74, 6) is 0.492. The molecule has 1 atom stereocenters. The fraction of sp³-hybridized carbons (Fsp3) is 0.950. The Morgan fingerprint density at radius 3 is 2.04 bits per heavy atom. The fourth-order valence-electron chi connectivity index (χ4n) is 2.92. The normalized spacial score (nSPS) is 12.3. The quantitative estimate of drug-likeness (QED) is 0.127. The van der Waals surface area contributed by atoms with Crippen LogP contribution in [0.2, 0.25) is 0 Å². The summed E-state index contributed by atoms with van der Waals surface area (Å²) in [6.07, 6.45) is 16.1. The van der Waals surface area contributed by atoms with Crippen molar-refractivity contribution in [3.63, 3.8) is 0 Å². The molecule has 0 radical (unpaired) electrons. The van der Waals surface area contributed by atoms with Gasteiger partial charge in [0.2, 0.25) is 0 Å². The van der Waals surface area contributed by atoms with Crippen molar-refractivity contribution in [2.75, 3.05) is 18.6 Å². The molecule has 0 amide bonds. The van der Waals surface area contributed by atoms with Gasteiger partial charge in [-0.15, -0.1) is 0 Å². The topological polar surface area (TPSA) is 38.3 Å². The zero-order valence-electron chi connectivity index (χ0n) is 16.1. The highest BCUT2D eigenvalue weighted by Gasteiger charge is 2.12. The number of halogens is 1. The first-order chi connectivity index (χ1) is 11.7. The number of rotatable bonds is 18. The maximum atomic E-state index is 11.8. The molecule has 4 heteroatoms. The highest BCUT2D eigenvalue weighted by atomic mass is 79.9. The molecule has 3 nitrogen and oxygen atoms in total. The van der Waals surface area contributed by atoms with Crippen molar-refractivity contribution < 1.29 is 9.53 Å². The van der Waals surface area contributed by atoms with Gasteiger partial charge in [-0.2, -0.15) is 0 Å². The lowest BCUT2D eigenvalue weighted by atomic mass is 9.95. The van der Waals surface area contributed by atoms with Gasteiger partial charge in [-0.05, 0) is 18.8 Å². The van der Waals surface area contributed by atoms with Crippen LogP contribution in [0.4, 0.5) is 0 Å². The van der Waals surface area contributed by atoms with Crippen LogP contribution in [0.25, 0.3) is 0 Å². The Morgan fingerprint density at radius 1 is 0.917 bits per heavy atom. The minimum atomic E-state index is -0.0649. The molecule has 0 aromatic heterocycles. The summed E-state index contributed by atoms with van der Waals surface area (Å²) in [6, 6.07) is 0. The van der Waals surface area contributed by atoms with Gasteiger partial charge < -0.3 is 10.1 Å². The summed E-state index contributed by atoms with van der Waals surface area (Å²) in [4.78, 5) is 11.8. The average molecular weight is 406 g/mol. The van der Waals surface area contributed by atoms with E-state index < -0.39 is 0 Å². The summed E-state index contributed by atoms with van der Waals surface area (Å²) < 4.78 is 5.51. The molecule has 0 rings (SSSR count). The van der Waals surface area contributed by atoms with Gasteiger partial charge in [0.15, 0.2) is 0 Å². The number of esters is 1. The molecule has 0 heterocycles. The molecule has 0 saturated carbocycles. The fourth-order valence-corrected chi connectivity index (χ4v) is 3.20. The lowest BCUT2D eigenvalue weighted by Crippen LogP contribution is -2.20. The van der Waals surface area contributed by atoms with E-state index in [1.807, 2.05) is 0 Å². The van der Waals surface area contributed by atoms with Crippen molar-refractivity contribution in [2.24, 2.45) is 5.92 Å². The Balaban J connectivity index is 3.91. The molecule has 0 aromatic carbocycles. The predicted molar refractivity (Wildman–Crippen MR) is 108 cm³/mol. The minimum absolute atomic E-state index is 0.0649. The highest BCUT2D eigenvalue weighted by molar-refractivity contribution is 9.09. The first kappa shape index (κ1) is 23.9. The van der Waals surface area contributed by atoms with E-state index in [2.05, 4.69) is 35.1 Å². The number of hydrogen-bond donors (Lipinski definition) is 1. The Hall–Kier alpha value is -0.0900. The smallest absolute Gasteiger partial charge is 0.307 e. The van der Waals surface area contributed by atoms with Gasteiger partial charge in [0.05, 0.1) is 18.5 Å². The molecule has 0 bridgehead atoms. The Morgan fingerprint density at radius 2 is 1.46 bits per heavy atom. The van der Waals surface area contributed by atoms with E-state index in [1.165, 1.54) is 77.0 Å². The van der Waals surface area contributed by atoms with Crippen molar-refractivity contribution in [1.82, 2.24) is 5.32 Å². The van der Waals surface area contributed by atoms with E-state index >= 15 is 0 Å². The Kier molecular flexibility index (Phi) is 19.2. The first-order valence-corrected chi connectivity index (χ1v) is 11.3. The van der Waals surface area contributed by atoms with Gasteiger partial charge in [-0.3, -0.25) is 4.79 Å². The van der Waals surface area contributed by atoms with E-state index in [1.54, 1.807) is 0 Å². The van der Waals surface area contributed by atoms with Gasteiger partial charge >= 0.3 is 5.97 Å². The van der Waals surface area contributed by atoms with Crippen LogP contribution < -0.4 is 5.32 Å². The zero-order chi connectivity index (χ0) is 17.9. The van der Waals surface area contributed by atoms with Crippen LogP contribution in [0.3, 0.4) is 0 Å². The maximum absolute atomic E-state index is 11.8. The number of carbonyl (C=O) groups excluding carboxylic acids is 1. The second-order valence-electron chi connectivity index (χ2n) is 6.84. The van der Waals surface area contributed by atoms with E-state index in [-0.39, 0.29) is 5.97 Å². The summed E-state index contributed by atoms with van der Waals surface area (Å²) in [5, 5.41) is 3.09. The van der Waals surface area contributed by atoms with Crippen molar-refractivity contribution in [1.29, 1.82) is 0 Å². The molecule has 0 aliphatic carbocycles. The van der Waals surface area contributed by atoms with Crippen LogP contribution in [0.1, 0.15) is 97.3 Å². The number of nitrogens with one attached hydrogen (secondary N) is 1. The Bertz CT molecular complexity index is 274. The van der Waals surface area contributed by atoms with Crippen molar-refractivity contribution >= 4 is 21.9 Å². The van der Waals surface area contributed by atoms with Gasteiger partial charge in [0.1, 0.15) is 0 Å². The standard InChI is InChI=1S/C20H40BrNO2/c1-3-5-7-9-10-12-14-19(13-11-8-6-4-2)17-24-20(23)15-16-22-18-21/h19,22H,3-18H2,1-2H3. The highest BCUT2D eigenvalue weighted by Crippen LogP contribution is 2.19. The third-order valence-corrected chi connectivity index (χ3v) is 4.91. The van der Waals surface area contributed by atoms with Crippen LogP contribution in [-0.2, 0) is 9.53 Å².